The van der Waals surface area contributed by atoms with E-state index in [0.717, 1.165) is 23.1 Å². The number of hydrogen-bond donors (Lipinski definition) is 0. The van der Waals surface area contributed by atoms with Crippen LogP contribution in [-0.4, -0.2) is 12.4 Å². The minimum Gasteiger partial charge on any atom is -0.490 e. The van der Waals surface area contributed by atoms with Crippen molar-refractivity contribution in [3.63, 3.8) is 0 Å². The fraction of sp³-hybridized carbons (Fsp3) is 0.500. The first-order chi connectivity index (χ1) is 7.89. The molecule has 94 valence electrons. The van der Waals surface area contributed by atoms with Crippen molar-refractivity contribution in [1.29, 1.82) is 0 Å². The molecule has 0 unspecified atom stereocenters. The monoisotopic (exact) mass is 298 g/mol. The van der Waals surface area contributed by atoms with Crippen LogP contribution in [0.5, 0.6) is 0 Å². The fourth-order valence-corrected chi connectivity index (χ4v) is 1.53. The average molecular weight is 299 g/mol. The molecule has 0 aromatic carbocycles. The summed E-state index contributed by atoms with van der Waals surface area (Å²) in [4.78, 5) is 11.7. The van der Waals surface area contributed by atoms with Crippen molar-refractivity contribution in [2.45, 2.75) is 33.6 Å². The molecule has 0 amide bonds. The number of carbonyl (C=O) groups is 1. The van der Waals surface area contributed by atoms with Crippen LogP contribution < -0.4 is 0 Å². The number of ether oxygens (including phenoxy) is 1. The summed E-state index contributed by atoms with van der Waals surface area (Å²) in [5, 5.41) is 0. The van der Waals surface area contributed by atoms with Gasteiger partial charge in [-0.3, -0.25) is 4.79 Å². The van der Waals surface area contributed by atoms with Crippen LogP contribution in [0.25, 0.3) is 0 Å². The number of hydrogen-bond acceptors (Lipinski definition) is 2. The molecule has 1 aliphatic rings. The van der Waals surface area contributed by atoms with Crippen molar-refractivity contribution < 1.29 is 9.53 Å². The lowest BCUT2D eigenvalue weighted by atomic mass is 9.91. The highest BCUT2D eigenvalue weighted by molar-refractivity contribution is 9.11. The number of ketones is 1. The molecule has 1 rings (SSSR count). The summed E-state index contributed by atoms with van der Waals surface area (Å²) in [6.07, 6.45) is 9.60. The Labute approximate surface area is 112 Å². The summed E-state index contributed by atoms with van der Waals surface area (Å²) in [5.41, 5.74) is -0.335. The van der Waals surface area contributed by atoms with E-state index in [0.29, 0.717) is 0 Å². The Kier molecular flexibility index (Phi) is 5.19. The van der Waals surface area contributed by atoms with Crippen LogP contribution in [0.4, 0.5) is 0 Å². The van der Waals surface area contributed by atoms with Crippen LogP contribution in [0, 0.1) is 5.41 Å². The molecule has 0 fully saturated rings. The average Bonchev–Trinajstić information content (AvgIpc) is 2.21. The second-order valence-corrected chi connectivity index (χ2v) is 6.10. The number of carbonyl (C=O) groups excluding carboxylic acids is 1. The SMILES string of the molecule is CC(C)(C)C(=O)CO/C1=C/C/C(Br)=C\C=C/C1. The Hall–Kier alpha value is -0.830. The zero-order chi connectivity index (χ0) is 12.9. The third-order valence-electron chi connectivity index (χ3n) is 2.48. The van der Waals surface area contributed by atoms with Gasteiger partial charge in [0.1, 0.15) is 6.61 Å². The van der Waals surface area contributed by atoms with Gasteiger partial charge in [-0.15, -0.1) is 0 Å². The standard InChI is InChI=1S/C14H19BrO2/c1-14(2,3)13(16)10-17-12-7-5-4-6-11(15)8-9-12/h4-6,9H,7-8,10H2,1-3H3/b5-4-,11-6+,12-9+. The molecule has 0 N–H and O–H groups in total. The maximum atomic E-state index is 11.7. The van der Waals surface area contributed by atoms with E-state index in [1.54, 1.807) is 0 Å². The summed E-state index contributed by atoms with van der Waals surface area (Å²) < 4.78 is 6.68. The quantitative estimate of drug-likeness (QED) is 0.783. The predicted molar refractivity (Wildman–Crippen MR) is 73.9 cm³/mol. The highest BCUT2D eigenvalue weighted by Gasteiger charge is 2.21. The van der Waals surface area contributed by atoms with E-state index < -0.39 is 0 Å². The van der Waals surface area contributed by atoms with E-state index in [2.05, 4.69) is 15.9 Å². The molecule has 0 heterocycles. The van der Waals surface area contributed by atoms with Crippen LogP contribution in [-0.2, 0) is 9.53 Å². The van der Waals surface area contributed by atoms with Gasteiger partial charge in [-0.05, 0) is 10.6 Å². The molecule has 0 bridgehead atoms. The van der Waals surface area contributed by atoms with Crippen molar-refractivity contribution >= 4 is 21.7 Å². The van der Waals surface area contributed by atoms with Gasteiger partial charge in [-0.25, -0.2) is 0 Å². The van der Waals surface area contributed by atoms with E-state index in [1.165, 1.54) is 0 Å². The summed E-state index contributed by atoms with van der Waals surface area (Å²) in [6.45, 7) is 5.88. The van der Waals surface area contributed by atoms with Gasteiger partial charge in [-0.1, -0.05) is 54.9 Å². The van der Waals surface area contributed by atoms with E-state index in [1.807, 2.05) is 45.1 Å². The molecule has 0 aromatic rings. The molecular formula is C14H19BrO2. The fourth-order valence-electron chi connectivity index (χ4n) is 1.21. The number of allylic oxidation sites excluding steroid dienone is 5. The number of Topliss-reactive ketones (excluding diaryl/α,β-unsaturated/α-hetero) is 1. The Morgan fingerprint density at radius 1 is 1.41 bits per heavy atom. The van der Waals surface area contributed by atoms with Gasteiger partial charge < -0.3 is 4.74 Å². The molecule has 17 heavy (non-hydrogen) atoms. The largest absolute Gasteiger partial charge is 0.490 e. The molecular weight excluding hydrogens is 280 g/mol. The first-order valence-corrected chi connectivity index (χ1v) is 6.55. The highest BCUT2D eigenvalue weighted by Crippen LogP contribution is 2.19. The first kappa shape index (κ1) is 14.2. The van der Waals surface area contributed by atoms with Gasteiger partial charge in [0.25, 0.3) is 0 Å². The second-order valence-electron chi connectivity index (χ2n) is 5.08. The summed E-state index contributed by atoms with van der Waals surface area (Å²) >= 11 is 3.46. The smallest absolute Gasteiger partial charge is 0.175 e. The van der Waals surface area contributed by atoms with Gasteiger partial charge in [0.15, 0.2) is 5.78 Å². The third kappa shape index (κ3) is 5.35. The molecule has 2 nitrogen and oxygen atoms in total. The minimum atomic E-state index is -0.335. The molecule has 0 aromatic heterocycles. The van der Waals surface area contributed by atoms with Crippen molar-refractivity contribution in [3.8, 4) is 0 Å². The lowest BCUT2D eigenvalue weighted by Gasteiger charge is -2.17. The molecule has 1 aliphatic carbocycles. The molecule has 0 radical (unpaired) electrons. The summed E-state index contributed by atoms with van der Waals surface area (Å²) in [5.74, 6) is 0.989. The molecule has 0 atom stereocenters. The summed E-state index contributed by atoms with van der Waals surface area (Å²) in [7, 11) is 0. The Balaban J connectivity index is 2.53. The molecule has 0 saturated carbocycles. The molecule has 3 heteroatoms. The molecule has 0 saturated heterocycles. The van der Waals surface area contributed by atoms with Gasteiger partial charge in [0, 0.05) is 18.3 Å². The zero-order valence-electron chi connectivity index (χ0n) is 10.6. The summed E-state index contributed by atoms with van der Waals surface area (Å²) in [6, 6.07) is 0. The van der Waals surface area contributed by atoms with Crippen molar-refractivity contribution in [1.82, 2.24) is 0 Å². The van der Waals surface area contributed by atoms with E-state index >= 15 is 0 Å². The normalized spacial score (nSPS) is 24.7. The maximum absolute atomic E-state index is 11.7. The van der Waals surface area contributed by atoms with E-state index in [-0.39, 0.29) is 17.8 Å². The minimum absolute atomic E-state index is 0.124. The van der Waals surface area contributed by atoms with Crippen LogP contribution in [0.15, 0.2) is 34.5 Å². The molecule has 0 spiro atoms. The number of rotatable bonds is 3. The Morgan fingerprint density at radius 3 is 2.76 bits per heavy atom. The van der Waals surface area contributed by atoms with E-state index in [9.17, 15) is 4.79 Å². The van der Waals surface area contributed by atoms with Crippen LogP contribution in [0.1, 0.15) is 33.6 Å². The maximum Gasteiger partial charge on any atom is 0.175 e. The van der Waals surface area contributed by atoms with Crippen molar-refractivity contribution in [2.75, 3.05) is 6.61 Å². The predicted octanol–water partition coefficient (Wildman–Crippen LogP) is 4.13. The third-order valence-corrected chi connectivity index (χ3v) is 3.07. The van der Waals surface area contributed by atoms with E-state index in [4.69, 9.17) is 4.74 Å². The van der Waals surface area contributed by atoms with Gasteiger partial charge in [0.2, 0.25) is 0 Å². The molecule has 0 aliphatic heterocycles. The van der Waals surface area contributed by atoms with Crippen LogP contribution >= 0.6 is 15.9 Å². The lowest BCUT2D eigenvalue weighted by Crippen LogP contribution is -2.24. The Bertz CT molecular complexity index is 370. The van der Waals surface area contributed by atoms with Crippen LogP contribution in [0.2, 0.25) is 0 Å². The van der Waals surface area contributed by atoms with Crippen molar-refractivity contribution in [2.24, 2.45) is 5.41 Å². The topological polar surface area (TPSA) is 26.3 Å². The van der Waals surface area contributed by atoms with Crippen LogP contribution in [0.3, 0.4) is 0 Å². The second kappa shape index (κ2) is 6.20. The van der Waals surface area contributed by atoms with Gasteiger partial charge in [-0.2, -0.15) is 0 Å². The van der Waals surface area contributed by atoms with Crippen molar-refractivity contribution in [3.05, 3.63) is 34.5 Å². The number of halogens is 1. The zero-order valence-corrected chi connectivity index (χ0v) is 12.2. The van der Waals surface area contributed by atoms with Gasteiger partial charge >= 0.3 is 0 Å². The lowest BCUT2D eigenvalue weighted by molar-refractivity contribution is -0.129. The van der Waals surface area contributed by atoms with Gasteiger partial charge in [0.05, 0.1) is 5.76 Å². The Morgan fingerprint density at radius 2 is 2.12 bits per heavy atom. The highest BCUT2D eigenvalue weighted by atomic mass is 79.9. The first-order valence-electron chi connectivity index (χ1n) is 5.76.